The molecular weight excluding hydrogens is 370 g/mol. The summed E-state index contributed by atoms with van der Waals surface area (Å²) in [5, 5.41) is 3.26. The Hall–Kier alpha value is -2.73. The number of halogens is 1. The lowest BCUT2D eigenvalue weighted by atomic mass is 10.1. The number of carbonyl (C=O) groups is 2. The SMILES string of the molecule is COc1ccc(OC)c(C(C)NC(=O)COC(=O)Cc2ccccc2Cl)c1. The molecule has 0 bridgehead atoms. The summed E-state index contributed by atoms with van der Waals surface area (Å²) in [6.45, 7) is 1.43. The Morgan fingerprint density at radius 3 is 2.52 bits per heavy atom. The van der Waals surface area contributed by atoms with E-state index >= 15 is 0 Å². The summed E-state index contributed by atoms with van der Waals surface area (Å²) >= 11 is 6.01. The predicted octanol–water partition coefficient (Wildman–Crippen LogP) is 3.32. The molecule has 2 rings (SSSR count). The molecule has 0 saturated carbocycles. The maximum atomic E-state index is 12.1. The highest BCUT2D eigenvalue weighted by Crippen LogP contribution is 2.29. The molecule has 0 aliphatic rings. The van der Waals surface area contributed by atoms with Gasteiger partial charge in [-0.2, -0.15) is 0 Å². The first-order valence-electron chi connectivity index (χ1n) is 8.35. The van der Waals surface area contributed by atoms with Crippen molar-refractivity contribution < 1.29 is 23.8 Å². The summed E-state index contributed by atoms with van der Waals surface area (Å²) < 4.78 is 15.6. The minimum atomic E-state index is -0.523. The third-order valence-electron chi connectivity index (χ3n) is 3.94. The Bertz CT molecular complexity index is 809. The lowest BCUT2D eigenvalue weighted by Crippen LogP contribution is -2.31. The Morgan fingerprint density at radius 1 is 1.11 bits per heavy atom. The third-order valence-corrected chi connectivity index (χ3v) is 4.31. The fraction of sp³-hybridized carbons (Fsp3) is 0.300. The zero-order valence-electron chi connectivity index (χ0n) is 15.5. The number of esters is 1. The van der Waals surface area contributed by atoms with E-state index in [1.807, 2.05) is 0 Å². The minimum absolute atomic E-state index is 0.00616. The predicted molar refractivity (Wildman–Crippen MR) is 102 cm³/mol. The van der Waals surface area contributed by atoms with Crippen LogP contribution >= 0.6 is 11.6 Å². The molecular formula is C20H22ClNO5. The van der Waals surface area contributed by atoms with E-state index in [1.165, 1.54) is 0 Å². The molecule has 0 heterocycles. The summed E-state index contributed by atoms with van der Waals surface area (Å²) in [5.41, 5.74) is 1.41. The van der Waals surface area contributed by atoms with Crippen LogP contribution in [0.5, 0.6) is 11.5 Å². The lowest BCUT2D eigenvalue weighted by molar-refractivity contribution is -0.148. The van der Waals surface area contributed by atoms with Gasteiger partial charge in [0.25, 0.3) is 5.91 Å². The molecule has 0 radical (unpaired) electrons. The molecule has 1 amide bonds. The van der Waals surface area contributed by atoms with Crippen LogP contribution in [0.15, 0.2) is 42.5 Å². The van der Waals surface area contributed by atoms with Gasteiger partial charge in [0, 0.05) is 10.6 Å². The summed E-state index contributed by atoms with van der Waals surface area (Å²) in [7, 11) is 3.11. The molecule has 0 saturated heterocycles. The normalized spacial score (nSPS) is 11.4. The maximum Gasteiger partial charge on any atom is 0.310 e. The van der Waals surface area contributed by atoms with Crippen LogP contribution in [0.3, 0.4) is 0 Å². The van der Waals surface area contributed by atoms with E-state index in [9.17, 15) is 9.59 Å². The van der Waals surface area contributed by atoms with Crippen molar-refractivity contribution >= 4 is 23.5 Å². The van der Waals surface area contributed by atoms with Gasteiger partial charge < -0.3 is 19.5 Å². The summed E-state index contributed by atoms with van der Waals surface area (Å²) in [6, 6.07) is 12.0. The molecule has 2 aromatic rings. The fourth-order valence-electron chi connectivity index (χ4n) is 2.53. The van der Waals surface area contributed by atoms with Crippen LogP contribution in [0.4, 0.5) is 0 Å². The van der Waals surface area contributed by atoms with E-state index < -0.39 is 11.9 Å². The van der Waals surface area contributed by atoms with Crippen molar-refractivity contribution in [2.45, 2.75) is 19.4 Å². The average molecular weight is 392 g/mol. The molecule has 0 aliphatic heterocycles. The second-order valence-corrected chi connectivity index (χ2v) is 6.23. The van der Waals surface area contributed by atoms with Crippen LogP contribution in [0.1, 0.15) is 24.1 Å². The van der Waals surface area contributed by atoms with Crippen molar-refractivity contribution in [1.82, 2.24) is 5.32 Å². The zero-order chi connectivity index (χ0) is 19.8. The zero-order valence-corrected chi connectivity index (χ0v) is 16.2. The minimum Gasteiger partial charge on any atom is -0.497 e. The van der Waals surface area contributed by atoms with Crippen molar-refractivity contribution in [1.29, 1.82) is 0 Å². The highest BCUT2D eigenvalue weighted by atomic mass is 35.5. The molecule has 0 fully saturated rings. The van der Waals surface area contributed by atoms with Crippen molar-refractivity contribution in [3.63, 3.8) is 0 Å². The molecule has 0 spiro atoms. The largest absolute Gasteiger partial charge is 0.497 e. The number of amides is 1. The quantitative estimate of drug-likeness (QED) is 0.699. The first kappa shape index (κ1) is 20.6. The molecule has 1 N–H and O–H groups in total. The van der Waals surface area contributed by atoms with Gasteiger partial charge in [0.2, 0.25) is 0 Å². The van der Waals surface area contributed by atoms with Gasteiger partial charge in [-0.15, -0.1) is 0 Å². The van der Waals surface area contributed by atoms with E-state index in [4.69, 9.17) is 25.8 Å². The van der Waals surface area contributed by atoms with Gasteiger partial charge in [-0.05, 0) is 36.8 Å². The van der Waals surface area contributed by atoms with Crippen LogP contribution < -0.4 is 14.8 Å². The Morgan fingerprint density at radius 2 is 1.85 bits per heavy atom. The molecule has 7 heteroatoms. The van der Waals surface area contributed by atoms with Crippen LogP contribution in [-0.2, 0) is 20.7 Å². The van der Waals surface area contributed by atoms with Gasteiger partial charge in [-0.3, -0.25) is 9.59 Å². The van der Waals surface area contributed by atoms with Crippen LogP contribution in [0.2, 0.25) is 5.02 Å². The van der Waals surface area contributed by atoms with Crippen molar-refractivity contribution in [2.75, 3.05) is 20.8 Å². The van der Waals surface area contributed by atoms with Crippen molar-refractivity contribution in [3.05, 3.63) is 58.6 Å². The summed E-state index contributed by atoms with van der Waals surface area (Å²) in [5.74, 6) is 0.335. The van der Waals surface area contributed by atoms with E-state index in [-0.39, 0.29) is 19.1 Å². The molecule has 6 nitrogen and oxygen atoms in total. The topological polar surface area (TPSA) is 73.9 Å². The smallest absolute Gasteiger partial charge is 0.310 e. The fourth-order valence-corrected chi connectivity index (χ4v) is 2.74. The maximum absolute atomic E-state index is 12.1. The molecule has 144 valence electrons. The standard InChI is InChI=1S/C20H22ClNO5/c1-13(16-11-15(25-2)8-9-18(16)26-3)22-19(23)12-27-20(24)10-14-6-4-5-7-17(14)21/h4-9,11,13H,10,12H2,1-3H3,(H,22,23). The van der Waals surface area contributed by atoms with Crippen molar-refractivity contribution in [2.24, 2.45) is 0 Å². The molecule has 2 aromatic carbocycles. The van der Waals surface area contributed by atoms with Gasteiger partial charge in [-0.1, -0.05) is 29.8 Å². The molecule has 0 aliphatic carbocycles. The highest BCUT2D eigenvalue weighted by molar-refractivity contribution is 6.31. The Balaban J connectivity index is 1.90. The second kappa shape index (κ2) is 9.83. The van der Waals surface area contributed by atoms with Gasteiger partial charge >= 0.3 is 5.97 Å². The van der Waals surface area contributed by atoms with Gasteiger partial charge in [0.15, 0.2) is 6.61 Å². The van der Waals surface area contributed by atoms with E-state index in [2.05, 4.69) is 5.32 Å². The first-order chi connectivity index (χ1) is 12.9. The lowest BCUT2D eigenvalue weighted by Gasteiger charge is -2.18. The molecule has 0 aromatic heterocycles. The molecule has 27 heavy (non-hydrogen) atoms. The van der Waals surface area contributed by atoms with E-state index in [1.54, 1.807) is 63.6 Å². The number of hydrogen-bond donors (Lipinski definition) is 1. The van der Waals surface area contributed by atoms with Gasteiger partial charge in [0.05, 0.1) is 26.7 Å². The van der Waals surface area contributed by atoms with Crippen molar-refractivity contribution in [3.8, 4) is 11.5 Å². The van der Waals surface area contributed by atoms with Crippen LogP contribution in [-0.4, -0.2) is 32.7 Å². The first-order valence-corrected chi connectivity index (χ1v) is 8.72. The summed E-state index contributed by atoms with van der Waals surface area (Å²) in [4.78, 5) is 24.0. The van der Waals surface area contributed by atoms with E-state index in [0.717, 1.165) is 5.56 Å². The van der Waals surface area contributed by atoms with Crippen LogP contribution in [0.25, 0.3) is 0 Å². The number of ether oxygens (including phenoxy) is 3. The number of nitrogens with one attached hydrogen (secondary N) is 1. The third kappa shape index (κ3) is 5.89. The number of carbonyl (C=O) groups excluding carboxylic acids is 2. The Kier molecular flexibility index (Phi) is 7.49. The highest BCUT2D eigenvalue weighted by Gasteiger charge is 2.17. The number of hydrogen-bond acceptors (Lipinski definition) is 5. The van der Waals surface area contributed by atoms with Gasteiger partial charge in [-0.25, -0.2) is 0 Å². The second-order valence-electron chi connectivity index (χ2n) is 5.83. The van der Waals surface area contributed by atoms with Crippen LogP contribution in [0, 0.1) is 0 Å². The van der Waals surface area contributed by atoms with Gasteiger partial charge in [0.1, 0.15) is 11.5 Å². The summed E-state index contributed by atoms with van der Waals surface area (Å²) in [6.07, 6.45) is 0.00616. The average Bonchev–Trinajstić information content (AvgIpc) is 2.67. The monoisotopic (exact) mass is 391 g/mol. The molecule has 1 unspecified atom stereocenters. The number of rotatable bonds is 8. The van der Waals surface area contributed by atoms with E-state index in [0.29, 0.717) is 22.1 Å². The number of methoxy groups -OCH3 is 2. The molecule has 1 atom stereocenters. The number of benzene rings is 2. The Labute approximate surface area is 163 Å².